The Morgan fingerprint density at radius 2 is 2.24 bits per heavy atom. The van der Waals surface area contributed by atoms with E-state index in [1.54, 1.807) is 18.2 Å². The Balaban J connectivity index is 2.43. The van der Waals surface area contributed by atoms with E-state index in [9.17, 15) is 9.90 Å². The van der Waals surface area contributed by atoms with Crippen LogP contribution in [0.1, 0.15) is 36.5 Å². The maximum absolute atomic E-state index is 11.2. The Bertz CT molecular complexity index is 427. The molecule has 3 N–H and O–H groups in total. The van der Waals surface area contributed by atoms with E-state index in [1.807, 2.05) is 0 Å². The van der Waals surface area contributed by atoms with Crippen LogP contribution in [-0.2, 0) is 0 Å². The third kappa shape index (κ3) is 2.35. The van der Waals surface area contributed by atoms with Gasteiger partial charge < -0.3 is 15.7 Å². The average molecular weight is 234 g/mol. The summed E-state index contributed by atoms with van der Waals surface area (Å²) in [5.41, 5.74) is 7.52. The number of nitrogens with two attached hydrogens (primary N) is 1. The lowest BCUT2D eigenvalue weighted by Gasteiger charge is -2.27. The number of aromatic carboxylic acids is 1. The van der Waals surface area contributed by atoms with Crippen molar-refractivity contribution in [3.8, 4) is 0 Å². The van der Waals surface area contributed by atoms with E-state index < -0.39 is 5.97 Å². The number of benzene rings is 1. The van der Waals surface area contributed by atoms with Crippen LogP contribution in [0.2, 0.25) is 0 Å². The number of carboxylic acid groups (broad SMARTS) is 1. The van der Waals surface area contributed by atoms with Crippen molar-refractivity contribution in [1.29, 1.82) is 0 Å². The van der Waals surface area contributed by atoms with Crippen molar-refractivity contribution < 1.29 is 9.90 Å². The lowest BCUT2D eigenvalue weighted by atomic mass is 10.1. The van der Waals surface area contributed by atoms with Gasteiger partial charge in [-0.3, -0.25) is 0 Å². The van der Waals surface area contributed by atoms with Gasteiger partial charge in [0.1, 0.15) is 0 Å². The van der Waals surface area contributed by atoms with Gasteiger partial charge in [0, 0.05) is 12.6 Å². The van der Waals surface area contributed by atoms with Gasteiger partial charge in [0.25, 0.3) is 0 Å². The van der Waals surface area contributed by atoms with Gasteiger partial charge >= 0.3 is 5.97 Å². The van der Waals surface area contributed by atoms with Crippen molar-refractivity contribution in [2.75, 3.05) is 17.2 Å². The largest absolute Gasteiger partial charge is 0.478 e. The molecule has 1 aliphatic carbocycles. The second kappa shape index (κ2) is 4.65. The molecule has 17 heavy (non-hydrogen) atoms. The lowest BCUT2D eigenvalue weighted by molar-refractivity contribution is 0.0697. The Hall–Kier alpha value is -1.71. The van der Waals surface area contributed by atoms with Gasteiger partial charge in [0.15, 0.2) is 0 Å². The number of nitrogens with zero attached hydrogens (tertiary/aromatic N) is 1. The Morgan fingerprint density at radius 3 is 2.76 bits per heavy atom. The van der Waals surface area contributed by atoms with E-state index in [4.69, 9.17) is 5.73 Å². The first-order chi connectivity index (χ1) is 8.15. The molecule has 4 heteroatoms. The fourth-order valence-electron chi connectivity index (χ4n) is 2.16. The number of para-hydroxylation sites is 1. The minimum Gasteiger partial charge on any atom is -0.478 e. The van der Waals surface area contributed by atoms with Crippen molar-refractivity contribution in [2.45, 2.75) is 32.2 Å². The number of rotatable bonds is 5. The van der Waals surface area contributed by atoms with Gasteiger partial charge in [0.05, 0.1) is 16.9 Å². The zero-order valence-electron chi connectivity index (χ0n) is 10.0. The molecule has 0 bridgehead atoms. The monoisotopic (exact) mass is 234 g/mol. The quantitative estimate of drug-likeness (QED) is 0.767. The second-order valence-electron chi connectivity index (χ2n) is 4.47. The fourth-order valence-corrected chi connectivity index (χ4v) is 2.16. The molecule has 0 spiro atoms. The smallest absolute Gasteiger partial charge is 0.337 e. The molecule has 0 aliphatic heterocycles. The maximum atomic E-state index is 11.2. The molecule has 0 atom stereocenters. The van der Waals surface area contributed by atoms with Crippen LogP contribution in [0.4, 0.5) is 11.4 Å². The van der Waals surface area contributed by atoms with Crippen molar-refractivity contribution in [3.63, 3.8) is 0 Å². The standard InChI is InChI=1S/C13H18N2O2/c1-2-8-15(9-6-7-9)12-10(13(16)17)4-3-5-11(12)14/h3-5,9H,2,6-8,14H2,1H3,(H,16,17). The third-order valence-corrected chi connectivity index (χ3v) is 3.04. The maximum Gasteiger partial charge on any atom is 0.337 e. The molecule has 0 unspecified atom stereocenters. The van der Waals surface area contributed by atoms with Crippen molar-refractivity contribution in [1.82, 2.24) is 0 Å². The Labute approximate surface area is 101 Å². The molecule has 2 rings (SSSR count). The molecule has 0 aromatic heterocycles. The SMILES string of the molecule is CCCN(c1c(N)cccc1C(=O)O)C1CC1. The molecule has 1 fully saturated rings. The number of carbonyl (C=O) groups is 1. The second-order valence-corrected chi connectivity index (χ2v) is 4.47. The van der Waals surface area contributed by atoms with Crippen LogP contribution in [-0.4, -0.2) is 23.7 Å². The molecule has 92 valence electrons. The summed E-state index contributed by atoms with van der Waals surface area (Å²) in [5.74, 6) is -0.908. The van der Waals surface area contributed by atoms with Gasteiger partial charge in [-0.2, -0.15) is 0 Å². The van der Waals surface area contributed by atoms with Crippen LogP contribution in [0, 0.1) is 0 Å². The minimum absolute atomic E-state index is 0.311. The fraction of sp³-hybridized carbons (Fsp3) is 0.462. The van der Waals surface area contributed by atoms with Crippen LogP contribution >= 0.6 is 0 Å². The number of hydrogen-bond acceptors (Lipinski definition) is 3. The van der Waals surface area contributed by atoms with E-state index in [-0.39, 0.29) is 0 Å². The zero-order chi connectivity index (χ0) is 12.4. The normalized spacial score (nSPS) is 14.6. The lowest BCUT2D eigenvalue weighted by Crippen LogP contribution is -2.29. The Morgan fingerprint density at radius 1 is 1.53 bits per heavy atom. The first kappa shape index (κ1) is 11.8. The van der Waals surface area contributed by atoms with E-state index in [1.165, 1.54) is 0 Å². The van der Waals surface area contributed by atoms with Crippen molar-refractivity contribution >= 4 is 17.3 Å². The Kier molecular flexibility index (Phi) is 3.22. The zero-order valence-corrected chi connectivity index (χ0v) is 10.0. The van der Waals surface area contributed by atoms with Crippen LogP contribution < -0.4 is 10.6 Å². The van der Waals surface area contributed by atoms with Crippen LogP contribution in [0.25, 0.3) is 0 Å². The van der Waals surface area contributed by atoms with Gasteiger partial charge in [-0.25, -0.2) is 4.79 Å². The first-order valence-corrected chi connectivity index (χ1v) is 6.03. The molecule has 4 nitrogen and oxygen atoms in total. The number of carboxylic acids is 1. The summed E-state index contributed by atoms with van der Waals surface area (Å²) in [4.78, 5) is 13.4. The minimum atomic E-state index is -0.908. The van der Waals surface area contributed by atoms with Crippen molar-refractivity contribution in [3.05, 3.63) is 23.8 Å². The van der Waals surface area contributed by atoms with E-state index in [2.05, 4.69) is 11.8 Å². The number of hydrogen-bond donors (Lipinski definition) is 2. The predicted octanol–water partition coefficient (Wildman–Crippen LogP) is 2.35. The summed E-state index contributed by atoms with van der Waals surface area (Å²) in [5, 5.41) is 9.23. The van der Waals surface area contributed by atoms with Crippen LogP contribution in [0.5, 0.6) is 0 Å². The van der Waals surface area contributed by atoms with Crippen LogP contribution in [0.15, 0.2) is 18.2 Å². The van der Waals surface area contributed by atoms with Gasteiger partial charge in [-0.05, 0) is 31.4 Å². The van der Waals surface area contributed by atoms with Crippen molar-refractivity contribution in [2.24, 2.45) is 0 Å². The summed E-state index contributed by atoms with van der Waals surface area (Å²) < 4.78 is 0. The predicted molar refractivity (Wildman–Crippen MR) is 68.5 cm³/mol. The average Bonchev–Trinajstić information content (AvgIpc) is 3.10. The molecule has 0 radical (unpaired) electrons. The summed E-state index contributed by atoms with van der Waals surface area (Å²) in [7, 11) is 0. The summed E-state index contributed by atoms with van der Waals surface area (Å²) >= 11 is 0. The van der Waals surface area contributed by atoms with E-state index in [0.29, 0.717) is 23.0 Å². The molecule has 1 aliphatic rings. The van der Waals surface area contributed by atoms with Gasteiger partial charge in [-0.15, -0.1) is 0 Å². The molecule has 1 aromatic carbocycles. The molecule has 0 heterocycles. The van der Waals surface area contributed by atoms with E-state index >= 15 is 0 Å². The number of anilines is 2. The summed E-state index contributed by atoms with van der Waals surface area (Å²) in [6, 6.07) is 5.56. The molecular formula is C13H18N2O2. The van der Waals surface area contributed by atoms with Gasteiger partial charge in [0.2, 0.25) is 0 Å². The summed E-state index contributed by atoms with van der Waals surface area (Å²) in [6.07, 6.45) is 3.25. The molecule has 0 saturated heterocycles. The highest BCUT2D eigenvalue weighted by Crippen LogP contribution is 2.37. The third-order valence-electron chi connectivity index (χ3n) is 3.04. The topological polar surface area (TPSA) is 66.6 Å². The molecule has 1 aromatic rings. The van der Waals surface area contributed by atoms with E-state index in [0.717, 1.165) is 25.8 Å². The van der Waals surface area contributed by atoms with Crippen LogP contribution in [0.3, 0.4) is 0 Å². The number of nitrogen functional groups attached to an aromatic ring is 1. The molecular weight excluding hydrogens is 216 g/mol. The molecule has 0 amide bonds. The highest BCUT2D eigenvalue weighted by atomic mass is 16.4. The highest BCUT2D eigenvalue weighted by molar-refractivity contribution is 5.98. The first-order valence-electron chi connectivity index (χ1n) is 6.03. The van der Waals surface area contributed by atoms with Gasteiger partial charge in [-0.1, -0.05) is 13.0 Å². The highest BCUT2D eigenvalue weighted by Gasteiger charge is 2.31. The molecule has 1 saturated carbocycles. The summed E-state index contributed by atoms with van der Waals surface area (Å²) in [6.45, 7) is 2.95.